The average Bonchev–Trinajstić information content (AvgIpc) is 2.70. The summed E-state index contributed by atoms with van der Waals surface area (Å²) < 4.78 is 37.9. The number of hydrogen-bond acceptors (Lipinski definition) is 1. The van der Waals surface area contributed by atoms with Crippen LogP contribution in [0, 0.1) is 0 Å². The van der Waals surface area contributed by atoms with Gasteiger partial charge in [0.1, 0.15) is 0 Å². The van der Waals surface area contributed by atoms with Crippen LogP contribution in [0.5, 0.6) is 0 Å². The highest BCUT2D eigenvalue weighted by atomic mass is 19.4. The van der Waals surface area contributed by atoms with Gasteiger partial charge in [-0.15, -0.1) is 0 Å². The van der Waals surface area contributed by atoms with Gasteiger partial charge in [-0.1, -0.05) is 6.92 Å². The highest BCUT2D eigenvalue weighted by Crippen LogP contribution is 2.21. The summed E-state index contributed by atoms with van der Waals surface area (Å²) in [5, 5.41) is 3.18. The lowest BCUT2D eigenvalue weighted by Crippen LogP contribution is -2.18. The van der Waals surface area contributed by atoms with Crippen LogP contribution in [0.1, 0.15) is 38.3 Å². The summed E-state index contributed by atoms with van der Waals surface area (Å²) in [7, 11) is 0. The van der Waals surface area contributed by atoms with Crippen molar-refractivity contribution in [1.29, 1.82) is 0 Å². The molecule has 0 fully saturated rings. The standard InChI is InChI=1S/C13H21F3N2/c1-2-9-18-10-5-6-12(18)11-17-8-4-3-7-13(14,15)16/h5-6,10,17H,2-4,7-9,11H2,1H3. The Balaban J connectivity index is 2.12. The largest absolute Gasteiger partial charge is 0.389 e. The number of aryl methyl sites for hydroxylation is 1. The molecule has 0 aliphatic rings. The van der Waals surface area contributed by atoms with E-state index in [0.717, 1.165) is 19.5 Å². The summed E-state index contributed by atoms with van der Waals surface area (Å²) in [4.78, 5) is 0. The van der Waals surface area contributed by atoms with Crippen molar-refractivity contribution < 1.29 is 13.2 Å². The smallest absolute Gasteiger partial charge is 0.350 e. The lowest BCUT2D eigenvalue weighted by atomic mass is 10.2. The fourth-order valence-corrected chi connectivity index (χ4v) is 1.86. The number of nitrogens with zero attached hydrogens (tertiary/aromatic N) is 1. The summed E-state index contributed by atoms with van der Waals surface area (Å²) in [6.07, 6.45) is -0.825. The number of rotatable bonds is 8. The summed E-state index contributed by atoms with van der Waals surface area (Å²) in [6.45, 7) is 4.46. The van der Waals surface area contributed by atoms with Gasteiger partial charge in [-0.3, -0.25) is 0 Å². The predicted molar refractivity (Wildman–Crippen MR) is 66.3 cm³/mol. The molecule has 1 aromatic heterocycles. The van der Waals surface area contributed by atoms with E-state index in [-0.39, 0.29) is 6.42 Å². The fourth-order valence-electron chi connectivity index (χ4n) is 1.86. The third kappa shape index (κ3) is 6.10. The van der Waals surface area contributed by atoms with E-state index in [2.05, 4.69) is 16.8 Å². The van der Waals surface area contributed by atoms with E-state index in [1.54, 1.807) is 0 Å². The second kappa shape index (κ2) is 7.46. The Labute approximate surface area is 106 Å². The van der Waals surface area contributed by atoms with Gasteiger partial charge in [0, 0.05) is 31.4 Å². The summed E-state index contributed by atoms with van der Waals surface area (Å²) in [6, 6.07) is 4.04. The average molecular weight is 262 g/mol. The Hall–Kier alpha value is -0.970. The van der Waals surface area contributed by atoms with Crippen LogP contribution in [0.25, 0.3) is 0 Å². The molecule has 0 aliphatic carbocycles. The third-order valence-electron chi connectivity index (χ3n) is 2.76. The minimum Gasteiger partial charge on any atom is -0.350 e. The monoisotopic (exact) mass is 262 g/mol. The molecule has 1 N–H and O–H groups in total. The molecule has 0 radical (unpaired) electrons. The van der Waals surface area contributed by atoms with Crippen molar-refractivity contribution in [3.05, 3.63) is 24.0 Å². The molecular weight excluding hydrogens is 241 g/mol. The lowest BCUT2D eigenvalue weighted by molar-refractivity contribution is -0.135. The first-order chi connectivity index (χ1) is 8.53. The van der Waals surface area contributed by atoms with Gasteiger partial charge < -0.3 is 9.88 Å². The van der Waals surface area contributed by atoms with E-state index in [4.69, 9.17) is 0 Å². The molecule has 0 bridgehead atoms. The molecule has 1 heterocycles. The summed E-state index contributed by atoms with van der Waals surface area (Å²) in [5.41, 5.74) is 1.19. The van der Waals surface area contributed by atoms with Crippen molar-refractivity contribution >= 4 is 0 Å². The minimum absolute atomic E-state index is 0.201. The molecule has 0 unspecified atom stereocenters. The predicted octanol–water partition coefficient (Wildman–Crippen LogP) is 3.72. The van der Waals surface area contributed by atoms with E-state index in [9.17, 15) is 13.2 Å². The van der Waals surface area contributed by atoms with Crippen molar-refractivity contribution in [2.75, 3.05) is 6.54 Å². The van der Waals surface area contributed by atoms with Crippen molar-refractivity contribution in [3.8, 4) is 0 Å². The molecule has 104 valence electrons. The summed E-state index contributed by atoms with van der Waals surface area (Å²) >= 11 is 0. The zero-order valence-electron chi connectivity index (χ0n) is 10.8. The first-order valence-electron chi connectivity index (χ1n) is 6.44. The molecule has 1 rings (SSSR count). The van der Waals surface area contributed by atoms with Crippen LogP contribution < -0.4 is 5.32 Å². The van der Waals surface area contributed by atoms with Crippen molar-refractivity contribution in [2.45, 2.75) is 51.9 Å². The van der Waals surface area contributed by atoms with Crippen LogP contribution in [0.2, 0.25) is 0 Å². The zero-order chi connectivity index (χ0) is 13.4. The SMILES string of the molecule is CCCn1cccc1CNCCCCC(F)(F)F. The van der Waals surface area contributed by atoms with Crippen LogP contribution in [-0.4, -0.2) is 17.3 Å². The topological polar surface area (TPSA) is 17.0 Å². The van der Waals surface area contributed by atoms with Gasteiger partial charge in [0.25, 0.3) is 0 Å². The van der Waals surface area contributed by atoms with Gasteiger partial charge in [-0.05, 0) is 37.9 Å². The Bertz CT molecular complexity index is 331. The van der Waals surface area contributed by atoms with Crippen LogP contribution in [0.4, 0.5) is 13.2 Å². The maximum Gasteiger partial charge on any atom is 0.389 e. The first kappa shape index (κ1) is 15.1. The number of nitrogens with one attached hydrogen (secondary N) is 1. The Kier molecular flexibility index (Phi) is 6.25. The molecule has 18 heavy (non-hydrogen) atoms. The van der Waals surface area contributed by atoms with Gasteiger partial charge in [0.15, 0.2) is 0 Å². The van der Waals surface area contributed by atoms with E-state index in [0.29, 0.717) is 13.0 Å². The zero-order valence-corrected chi connectivity index (χ0v) is 10.8. The van der Waals surface area contributed by atoms with Crippen molar-refractivity contribution in [1.82, 2.24) is 9.88 Å². The Morgan fingerprint density at radius 3 is 2.72 bits per heavy atom. The molecule has 0 saturated carbocycles. The van der Waals surface area contributed by atoms with Crippen molar-refractivity contribution in [2.24, 2.45) is 0 Å². The quantitative estimate of drug-likeness (QED) is 0.706. The van der Waals surface area contributed by atoms with Crippen molar-refractivity contribution in [3.63, 3.8) is 0 Å². The highest BCUT2D eigenvalue weighted by molar-refractivity contribution is 5.06. The van der Waals surface area contributed by atoms with Crippen LogP contribution in [0.3, 0.4) is 0 Å². The van der Waals surface area contributed by atoms with Gasteiger partial charge in [-0.2, -0.15) is 13.2 Å². The normalized spacial score (nSPS) is 12.0. The van der Waals surface area contributed by atoms with Crippen LogP contribution >= 0.6 is 0 Å². The van der Waals surface area contributed by atoms with E-state index in [1.807, 2.05) is 18.3 Å². The number of unbranched alkanes of at least 4 members (excludes halogenated alkanes) is 1. The molecule has 5 heteroatoms. The number of aromatic nitrogens is 1. The Morgan fingerprint density at radius 2 is 2.06 bits per heavy atom. The second-order valence-electron chi connectivity index (χ2n) is 4.44. The second-order valence-corrected chi connectivity index (χ2v) is 4.44. The number of alkyl halides is 3. The molecule has 0 amide bonds. The molecular formula is C13H21F3N2. The molecule has 0 saturated heterocycles. The Morgan fingerprint density at radius 1 is 1.28 bits per heavy atom. The third-order valence-corrected chi connectivity index (χ3v) is 2.76. The fraction of sp³-hybridized carbons (Fsp3) is 0.692. The van der Waals surface area contributed by atoms with E-state index >= 15 is 0 Å². The molecule has 2 nitrogen and oxygen atoms in total. The van der Waals surface area contributed by atoms with Crippen LogP contribution in [0.15, 0.2) is 18.3 Å². The lowest BCUT2D eigenvalue weighted by Gasteiger charge is -2.09. The number of hydrogen-bond donors (Lipinski definition) is 1. The van der Waals surface area contributed by atoms with E-state index < -0.39 is 12.6 Å². The summed E-state index contributed by atoms with van der Waals surface area (Å²) in [5.74, 6) is 0. The van der Waals surface area contributed by atoms with Gasteiger partial charge in [0.05, 0.1) is 0 Å². The minimum atomic E-state index is -4.02. The molecule has 0 aliphatic heterocycles. The van der Waals surface area contributed by atoms with Gasteiger partial charge in [-0.25, -0.2) is 0 Å². The van der Waals surface area contributed by atoms with Crippen LogP contribution in [-0.2, 0) is 13.1 Å². The molecule has 0 atom stereocenters. The maximum absolute atomic E-state index is 11.9. The van der Waals surface area contributed by atoms with E-state index in [1.165, 1.54) is 5.69 Å². The number of halogens is 3. The first-order valence-corrected chi connectivity index (χ1v) is 6.44. The highest BCUT2D eigenvalue weighted by Gasteiger charge is 2.25. The molecule has 0 aromatic carbocycles. The molecule has 1 aromatic rings. The maximum atomic E-state index is 11.9. The van der Waals surface area contributed by atoms with Gasteiger partial charge in [0.2, 0.25) is 0 Å². The van der Waals surface area contributed by atoms with Gasteiger partial charge >= 0.3 is 6.18 Å². The molecule has 0 spiro atoms.